The molecule has 0 atom stereocenters. The van der Waals surface area contributed by atoms with Crippen molar-refractivity contribution in [3.8, 4) is 0 Å². The smallest absolute Gasteiger partial charge is 1.00 e. The first-order valence-corrected chi connectivity index (χ1v) is 2.25. The van der Waals surface area contributed by atoms with E-state index in [0.717, 1.165) is 0 Å². The molecule has 0 aliphatic heterocycles. The molecule has 3 N–H and O–H groups in total. The fourth-order valence-electron chi connectivity index (χ4n) is 0. The minimum Gasteiger partial charge on any atom is -1.00 e. The maximum Gasteiger partial charge on any atom is 1.00 e. The Balaban J connectivity index is -0.0000000133. The molecule has 0 aromatic carbocycles. The standard InChI is InChI=1S/H3NO3S.2Na.2H/c1-5(2,3)4;;;;/h(H3,1,2,3,4);;;;/q;2*+1;2*-1. The van der Waals surface area contributed by atoms with Crippen LogP contribution in [0.3, 0.4) is 0 Å². The Bertz CT molecular complexity index is 103. The van der Waals surface area contributed by atoms with Crippen molar-refractivity contribution in [3.05, 3.63) is 0 Å². The van der Waals surface area contributed by atoms with Crippen molar-refractivity contribution in [2.75, 3.05) is 0 Å². The van der Waals surface area contributed by atoms with Crippen LogP contribution in [-0.4, -0.2) is 13.0 Å². The summed E-state index contributed by atoms with van der Waals surface area (Å²) in [5.74, 6) is 0. The first kappa shape index (κ1) is 15.9. The molecular weight excluding hydrogens is 140 g/mol. The van der Waals surface area contributed by atoms with Gasteiger partial charge in [0, 0.05) is 0 Å². The molecule has 0 radical (unpaired) electrons. The molecule has 0 saturated heterocycles. The van der Waals surface area contributed by atoms with Crippen LogP contribution >= 0.6 is 0 Å². The van der Waals surface area contributed by atoms with E-state index in [1.807, 2.05) is 0 Å². The quantitative estimate of drug-likeness (QED) is 0.262. The van der Waals surface area contributed by atoms with E-state index >= 15 is 0 Å². The summed E-state index contributed by atoms with van der Waals surface area (Å²) in [6.07, 6.45) is 0. The molecule has 0 aromatic heterocycles. The second kappa shape index (κ2) is 6.00. The Morgan fingerprint density at radius 1 is 1.43 bits per heavy atom. The van der Waals surface area contributed by atoms with Crippen LogP contribution in [0.25, 0.3) is 0 Å². The summed E-state index contributed by atoms with van der Waals surface area (Å²) in [6.45, 7) is 0. The second-order valence-electron chi connectivity index (χ2n) is 0.515. The molecule has 0 spiro atoms. The molecule has 0 unspecified atom stereocenters. The number of hydrogen-bond donors (Lipinski definition) is 2. The molecular formula is H5NNa2O3S. The van der Waals surface area contributed by atoms with Crippen molar-refractivity contribution in [1.29, 1.82) is 0 Å². The molecule has 0 rings (SSSR count). The normalized spacial score (nSPS) is 8.29. The maximum atomic E-state index is 8.97. The largest absolute Gasteiger partial charge is 1.00 e. The first-order valence-electron chi connectivity index (χ1n) is 0.752. The van der Waals surface area contributed by atoms with Crippen LogP contribution in [-0.2, 0) is 10.3 Å². The van der Waals surface area contributed by atoms with E-state index in [9.17, 15) is 0 Å². The topological polar surface area (TPSA) is 80.4 Å². The van der Waals surface area contributed by atoms with Crippen molar-refractivity contribution in [2.45, 2.75) is 0 Å². The SMILES string of the molecule is NS(=O)(=O)O.[H-].[H-].[Na+].[Na+]. The Hall–Kier alpha value is 1.87. The van der Waals surface area contributed by atoms with Gasteiger partial charge in [-0.25, -0.2) is 5.14 Å². The molecule has 7 heavy (non-hydrogen) atoms. The van der Waals surface area contributed by atoms with Gasteiger partial charge in [0.25, 0.3) is 0 Å². The minimum atomic E-state index is -4.17. The van der Waals surface area contributed by atoms with Gasteiger partial charge in [-0.2, -0.15) is 8.42 Å². The van der Waals surface area contributed by atoms with Gasteiger partial charge < -0.3 is 2.85 Å². The molecule has 0 fully saturated rings. The van der Waals surface area contributed by atoms with Crippen molar-refractivity contribution in [2.24, 2.45) is 5.14 Å². The Morgan fingerprint density at radius 3 is 1.43 bits per heavy atom. The summed E-state index contributed by atoms with van der Waals surface area (Å²) in [5.41, 5.74) is 0. The van der Waals surface area contributed by atoms with Crippen LogP contribution < -0.4 is 64.3 Å². The zero-order chi connectivity index (χ0) is 4.50. The first-order chi connectivity index (χ1) is 2.00. The van der Waals surface area contributed by atoms with E-state index in [0.29, 0.717) is 0 Å². The van der Waals surface area contributed by atoms with Gasteiger partial charge in [0.15, 0.2) is 0 Å². The van der Waals surface area contributed by atoms with Gasteiger partial charge in [0.1, 0.15) is 0 Å². The summed E-state index contributed by atoms with van der Waals surface area (Å²) in [5, 5.41) is 3.88. The molecule has 0 aliphatic carbocycles. The molecule has 4 nitrogen and oxygen atoms in total. The van der Waals surface area contributed by atoms with Gasteiger partial charge in [-0.15, -0.1) is 0 Å². The molecule has 0 bridgehead atoms. The van der Waals surface area contributed by atoms with Gasteiger partial charge in [0.2, 0.25) is 0 Å². The van der Waals surface area contributed by atoms with Crippen molar-refractivity contribution in [1.82, 2.24) is 0 Å². The second-order valence-corrected chi connectivity index (χ2v) is 1.54. The van der Waals surface area contributed by atoms with E-state index in [2.05, 4.69) is 5.14 Å². The molecule has 7 heteroatoms. The van der Waals surface area contributed by atoms with Crippen LogP contribution in [0.15, 0.2) is 0 Å². The molecule has 0 saturated carbocycles. The summed E-state index contributed by atoms with van der Waals surface area (Å²) in [4.78, 5) is 0. The van der Waals surface area contributed by atoms with Crippen molar-refractivity contribution in [3.63, 3.8) is 0 Å². The van der Waals surface area contributed by atoms with E-state index in [4.69, 9.17) is 13.0 Å². The number of nitrogens with two attached hydrogens (primary N) is 1. The summed E-state index contributed by atoms with van der Waals surface area (Å²) < 4.78 is 25.2. The number of rotatable bonds is 0. The predicted molar refractivity (Wildman–Crippen MR) is 18.0 cm³/mol. The summed E-state index contributed by atoms with van der Waals surface area (Å²) >= 11 is 0. The van der Waals surface area contributed by atoms with E-state index in [1.54, 1.807) is 0 Å². The third-order valence-corrected chi connectivity index (χ3v) is 0. The van der Waals surface area contributed by atoms with Crippen LogP contribution in [0.5, 0.6) is 0 Å². The molecule has 0 amide bonds. The average Bonchev–Trinajstić information content (AvgIpc) is 0.722. The number of hydrogen-bond acceptors (Lipinski definition) is 2. The fourth-order valence-corrected chi connectivity index (χ4v) is 0. The van der Waals surface area contributed by atoms with E-state index in [1.165, 1.54) is 0 Å². The Morgan fingerprint density at radius 2 is 1.43 bits per heavy atom. The van der Waals surface area contributed by atoms with Crippen LogP contribution in [0.4, 0.5) is 0 Å². The van der Waals surface area contributed by atoms with Gasteiger partial charge in [-0.3, -0.25) is 4.55 Å². The molecule has 0 aromatic rings. The average molecular weight is 145 g/mol. The van der Waals surface area contributed by atoms with E-state index < -0.39 is 10.3 Å². The van der Waals surface area contributed by atoms with Gasteiger partial charge >= 0.3 is 69.4 Å². The van der Waals surface area contributed by atoms with Gasteiger partial charge in [-0.1, -0.05) is 0 Å². The van der Waals surface area contributed by atoms with E-state index in [-0.39, 0.29) is 62.0 Å². The van der Waals surface area contributed by atoms with Crippen molar-refractivity contribution >= 4 is 10.3 Å². The van der Waals surface area contributed by atoms with Gasteiger partial charge in [0.05, 0.1) is 0 Å². The van der Waals surface area contributed by atoms with Crippen LogP contribution in [0.2, 0.25) is 0 Å². The van der Waals surface area contributed by atoms with Crippen LogP contribution in [0, 0.1) is 0 Å². The zero-order valence-corrected chi connectivity index (χ0v) is 9.07. The summed E-state index contributed by atoms with van der Waals surface area (Å²) in [7, 11) is -4.17. The minimum absolute atomic E-state index is 0. The molecule has 36 valence electrons. The fraction of sp³-hybridized carbons (Fsp3) is 0. The maximum absolute atomic E-state index is 8.97. The zero-order valence-electron chi connectivity index (χ0n) is 6.25. The van der Waals surface area contributed by atoms with Crippen molar-refractivity contribution < 1.29 is 74.9 Å². The molecule has 0 heterocycles. The van der Waals surface area contributed by atoms with Gasteiger partial charge in [-0.05, 0) is 0 Å². The monoisotopic (exact) mass is 145 g/mol. The Kier molecular flexibility index (Phi) is 13.7. The third-order valence-electron chi connectivity index (χ3n) is 0. The Labute approximate surface area is 89.3 Å². The predicted octanol–water partition coefficient (Wildman–Crippen LogP) is -7.02. The van der Waals surface area contributed by atoms with Crippen LogP contribution in [0.1, 0.15) is 2.85 Å². The molecule has 0 aliphatic rings. The third kappa shape index (κ3) is 77.5. The summed E-state index contributed by atoms with van der Waals surface area (Å²) in [6, 6.07) is 0.